The van der Waals surface area contributed by atoms with Crippen LogP contribution in [0.15, 0.2) is 35.7 Å². The van der Waals surface area contributed by atoms with Gasteiger partial charge in [0.2, 0.25) is 0 Å². The van der Waals surface area contributed by atoms with Gasteiger partial charge in [-0.25, -0.2) is 4.79 Å². The summed E-state index contributed by atoms with van der Waals surface area (Å²) in [6.07, 6.45) is 1.34. The lowest BCUT2D eigenvalue weighted by Crippen LogP contribution is -1.98. The maximum atomic E-state index is 11.3. The summed E-state index contributed by atoms with van der Waals surface area (Å²) in [5.74, 6) is -1.12. The van der Waals surface area contributed by atoms with Crippen molar-refractivity contribution in [1.29, 1.82) is 0 Å². The molecule has 0 fully saturated rings. The standard InChI is InChI=1S/C13H8ClNO4S/c14-11-4-3-9(15(18)19)6-8(11)7-10(13(16)17)12-2-1-5-20-12/h1-7H,(H,16,17)/b10-7-. The topological polar surface area (TPSA) is 80.4 Å². The lowest BCUT2D eigenvalue weighted by atomic mass is 10.1. The number of non-ortho nitro benzene ring substituents is 1. The molecule has 0 saturated heterocycles. The van der Waals surface area contributed by atoms with Gasteiger partial charge in [-0.1, -0.05) is 17.7 Å². The Kier molecular flexibility index (Phi) is 4.16. The highest BCUT2D eigenvalue weighted by molar-refractivity contribution is 7.11. The molecule has 0 spiro atoms. The molecule has 7 heteroatoms. The fourth-order valence-corrected chi connectivity index (χ4v) is 2.49. The van der Waals surface area contributed by atoms with Crippen LogP contribution in [-0.2, 0) is 4.79 Å². The summed E-state index contributed by atoms with van der Waals surface area (Å²) in [4.78, 5) is 22.0. The Morgan fingerprint density at radius 3 is 2.70 bits per heavy atom. The molecular formula is C13H8ClNO4S. The van der Waals surface area contributed by atoms with E-state index < -0.39 is 10.9 Å². The van der Waals surface area contributed by atoms with Crippen LogP contribution < -0.4 is 0 Å². The highest BCUT2D eigenvalue weighted by Crippen LogP contribution is 2.28. The van der Waals surface area contributed by atoms with Crippen LogP contribution >= 0.6 is 22.9 Å². The van der Waals surface area contributed by atoms with Crippen molar-refractivity contribution in [2.45, 2.75) is 0 Å². The zero-order chi connectivity index (χ0) is 14.7. The number of nitrogens with zero attached hydrogens (tertiary/aromatic N) is 1. The number of nitro groups is 1. The number of rotatable bonds is 4. The SMILES string of the molecule is O=C(O)/C(=C\c1cc([N+](=O)[O-])ccc1Cl)c1cccs1. The lowest BCUT2D eigenvalue weighted by Gasteiger charge is -2.02. The molecule has 2 rings (SSSR count). The number of benzene rings is 1. The summed E-state index contributed by atoms with van der Waals surface area (Å²) in [5, 5.41) is 22.0. The van der Waals surface area contributed by atoms with Crippen molar-refractivity contribution in [3.63, 3.8) is 0 Å². The highest BCUT2D eigenvalue weighted by atomic mass is 35.5. The number of hydrogen-bond acceptors (Lipinski definition) is 4. The molecule has 0 radical (unpaired) electrons. The Labute approximate surface area is 122 Å². The maximum Gasteiger partial charge on any atom is 0.337 e. The molecule has 102 valence electrons. The van der Waals surface area contributed by atoms with E-state index in [-0.39, 0.29) is 16.3 Å². The van der Waals surface area contributed by atoms with Crippen LogP contribution in [0.3, 0.4) is 0 Å². The van der Waals surface area contributed by atoms with Crippen molar-refractivity contribution in [1.82, 2.24) is 0 Å². The fourth-order valence-electron chi connectivity index (χ4n) is 1.58. The van der Waals surface area contributed by atoms with Crippen LogP contribution in [0.25, 0.3) is 11.6 Å². The monoisotopic (exact) mass is 309 g/mol. The summed E-state index contributed by atoms with van der Waals surface area (Å²) in [6, 6.07) is 7.28. The largest absolute Gasteiger partial charge is 0.478 e. The van der Waals surface area contributed by atoms with E-state index in [2.05, 4.69) is 0 Å². The van der Waals surface area contributed by atoms with E-state index in [4.69, 9.17) is 11.6 Å². The first-order valence-corrected chi connectivity index (χ1v) is 6.67. The molecule has 0 aliphatic rings. The molecular weight excluding hydrogens is 302 g/mol. The number of carboxylic acid groups (broad SMARTS) is 1. The first-order chi connectivity index (χ1) is 9.49. The molecule has 1 aromatic carbocycles. The van der Waals surface area contributed by atoms with E-state index in [0.29, 0.717) is 10.4 Å². The summed E-state index contributed by atoms with van der Waals surface area (Å²) in [5.41, 5.74) is 0.200. The molecule has 20 heavy (non-hydrogen) atoms. The number of hydrogen-bond donors (Lipinski definition) is 1. The third-order valence-electron chi connectivity index (χ3n) is 2.51. The van der Waals surface area contributed by atoms with Crippen molar-refractivity contribution < 1.29 is 14.8 Å². The molecule has 1 N–H and O–H groups in total. The second-order valence-corrected chi connectivity index (χ2v) is 5.16. The Balaban J connectivity index is 2.54. The summed E-state index contributed by atoms with van der Waals surface area (Å²) in [7, 11) is 0. The van der Waals surface area contributed by atoms with Crippen LogP contribution in [0.4, 0.5) is 5.69 Å². The molecule has 0 atom stereocenters. The van der Waals surface area contributed by atoms with E-state index in [1.165, 1.54) is 35.6 Å². The second kappa shape index (κ2) is 5.85. The van der Waals surface area contributed by atoms with Gasteiger partial charge < -0.3 is 5.11 Å². The molecule has 2 aromatic rings. The molecule has 1 heterocycles. The van der Waals surface area contributed by atoms with E-state index >= 15 is 0 Å². The van der Waals surface area contributed by atoms with Crippen LogP contribution in [0, 0.1) is 10.1 Å². The summed E-state index contributed by atoms with van der Waals surface area (Å²) < 4.78 is 0. The first-order valence-electron chi connectivity index (χ1n) is 5.42. The third-order valence-corrected chi connectivity index (χ3v) is 3.75. The molecule has 0 unspecified atom stereocenters. The van der Waals surface area contributed by atoms with Crippen LogP contribution in [0.2, 0.25) is 5.02 Å². The quantitative estimate of drug-likeness (QED) is 0.527. The van der Waals surface area contributed by atoms with Crippen molar-refractivity contribution in [2.75, 3.05) is 0 Å². The van der Waals surface area contributed by atoms with Gasteiger partial charge in [0.05, 0.1) is 10.5 Å². The predicted octanol–water partition coefficient (Wildman–Crippen LogP) is 3.93. The van der Waals surface area contributed by atoms with Gasteiger partial charge in [-0.15, -0.1) is 11.3 Å². The predicted molar refractivity (Wildman–Crippen MR) is 77.9 cm³/mol. The van der Waals surface area contributed by atoms with Crippen LogP contribution in [0.5, 0.6) is 0 Å². The van der Waals surface area contributed by atoms with E-state index in [1.54, 1.807) is 17.5 Å². The minimum Gasteiger partial charge on any atom is -0.478 e. The number of carbonyl (C=O) groups is 1. The number of carboxylic acids is 1. The third kappa shape index (κ3) is 3.04. The average molecular weight is 310 g/mol. The van der Waals surface area contributed by atoms with Crippen LogP contribution in [-0.4, -0.2) is 16.0 Å². The zero-order valence-electron chi connectivity index (χ0n) is 9.95. The van der Waals surface area contributed by atoms with Crippen LogP contribution in [0.1, 0.15) is 10.4 Å². The Bertz CT molecular complexity index is 694. The minimum atomic E-state index is -1.12. The van der Waals surface area contributed by atoms with Gasteiger partial charge in [0.25, 0.3) is 5.69 Å². The van der Waals surface area contributed by atoms with E-state index in [0.717, 1.165) is 0 Å². The molecule has 0 bridgehead atoms. The fraction of sp³-hybridized carbons (Fsp3) is 0. The number of aliphatic carboxylic acids is 1. The minimum absolute atomic E-state index is 0.0439. The normalized spacial score (nSPS) is 11.3. The smallest absolute Gasteiger partial charge is 0.337 e. The zero-order valence-corrected chi connectivity index (χ0v) is 11.5. The molecule has 0 aliphatic heterocycles. The molecule has 5 nitrogen and oxygen atoms in total. The van der Waals surface area contributed by atoms with Crippen molar-refractivity contribution >= 4 is 46.2 Å². The van der Waals surface area contributed by atoms with E-state index in [1.807, 2.05) is 0 Å². The average Bonchev–Trinajstić information content (AvgIpc) is 2.90. The molecule has 0 saturated carbocycles. The van der Waals surface area contributed by atoms with Gasteiger partial charge in [-0.2, -0.15) is 0 Å². The van der Waals surface area contributed by atoms with Crippen molar-refractivity contribution in [3.8, 4) is 0 Å². The van der Waals surface area contributed by atoms with E-state index in [9.17, 15) is 20.0 Å². The summed E-state index contributed by atoms with van der Waals surface area (Å²) in [6.45, 7) is 0. The Hall–Kier alpha value is -2.18. The van der Waals surface area contributed by atoms with Gasteiger partial charge in [0.15, 0.2) is 0 Å². The number of nitro benzene ring substituents is 1. The van der Waals surface area contributed by atoms with Gasteiger partial charge in [0.1, 0.15) is 0 Å². The number of halogens is 1. The first kappa shape index (κ1) is 14.2. The maximum absolute atomic E-state index is 11.3. The number of thiophene rings is 1. The van der Waals surface area contributed by atoms with Gasteiger partial charge in [-0.3, -0.25) is 10.1 Å². The Morgan fingerprint density at radius 1 is 1.40 bits per heavy atom. The van der Waals surface area contributed by atoms with Gasteiger partial charge >= 0.3 is 5.97 Å². The van der Waals surface area contributed by atoms with Gasteiger partial charge in [-0.05, 0) is 23.6 Å². The Morgan fingerprint density at radius 2 is 2.15 bits per heavy atom. The van der Waals surface area contributed by atoms with Crippen molar-refractivity contribution in [3.05, 3.63) is 61.3 Å². The summed E-state index contributed by atoms with van der Waals surface area (Å²) >= 11 is 7.22. The lowest BCUT2D eigenvalue weighted by molar-refractivity contribution is -0.384. The molecule has 0 aliphatic carbocycles. The molecule has 0 amide bonds. The van der Waals surface area contributed by atoms with Crippen molar-refractivity contribution in [2.24, 2.45) is 0 Å². The molecule has 1 aromatic heterocycles. The highest BCUT2D eigenvalue weighted by Gasteiger charge is 2.14. The second-order valence-electron chi connectivity index (χ2n) is 3.80. The van der Waals surface area contributed by atoms with Gasteiger partial charge in [0, 0.05) is 27.6 Å².